The fourth-order valence-corrected chi connectivity index (χ4v) is 26.5. The molecule has 0 spiro atoms. The highest BCUT2D eigenvalue weighted by Crippen LogP contribution is 2.56. The number of furan rings is 3. The Morgan fingerprint density at radius 1 is 0.211 bits per heavy atom. The molecule has 0 saturated carbocycles. The quantitative estimate of drug-likeness (QED) is 0.0802. The van der Waals surface area contributed by atoms with Gasteiger partial charge in [0.25, 0.3) is 6.71 Å². The summed E-state index contributed by atoms with van der Waals surface area (Å²) >= 11 is 0. The van der Waals surface area contributed by atoms with Crippen molar-refractivity contribution in [2.45, 2.75) is 0 Å². The second kappa shape index (κ2) is 29.3. The van der Waals surface area contributed by atoms with Gasteiger partial charge in [0.15, 0.2) is 8.07 Å². The summed E-state index contributed by atoms with van der Waals surface area (Å²) in [7, 11) is -3.31. The van der Waals surface area contributed by atoms with E-state index in [0.29, 0.717) is 0 Å². The van der Waals surface area contributed by atoms with Gasteiger partial charge in [-0.25, -0.2) is 0 Å². The Morgan fingerprint density at radius 3 is 0.984 bits per heavy atom. The second-order valence-electron chi connectivity index (χ2n) is 33.9. The SMILES string of the molecule is c1ccc(-c2cccc(-c3ccccc3)c2N2c3ccc(-c4cccc5c4oc4ccccc45)cc3B3c4cc(-c5cccc6c5oc5ccccc56)ccc4N(c4c(-c5ccccc5)cccc4-c4ccccc4)c4cc(-c5cc(-n6c7ccccc7c7ccccc76)cc6c5oc5c([Si](c7ccccc7)(c7ccccc7)c7ccccc7)cccc56)cc2c43)cc1. The van der Waals surface area contributed by atoms with Crippen LogP contribution in [0, 0.1) is 0 Å². The van der Waals surface area contributed by atoms with Crippen molar-refractivity contribution in [1.82, 2.24) is 4.57 Å². The molecule has 2 aliphatic heterocycles. The maximum absolute atomic E-state index is 8.38. The Morgan fingerprint density at radius 2 is 0.555 bits per heavy atom. The van der Waals surface area contributed by atoms with Crippen molar-refractivity contribution in [3.05, 3.63) is 461 Å². The third-order valence-corrected chi connectivity index (χ3v) is 31.9. The molecule has 6 nitrogen and oxygen atoms in total. The number of aromatic nitrogens is 1. The van der Waals surface area contributed by atoms with Crippen LogP contribution in [0.15, 0.2) is 474 Å². The molecule has 8 heteroatoms. The Bertz CT molecular complexity index is 8000. The first kappa shape index (κ1) is 73.1. The molecular weight excluding hydrogens is 1570 g/mol. The Hall–Kier alpha value is -16.5. The average molecular weight is 1650 g/mol. The molecule has 6 heterocycles. The molecule has 0 fully saturated rings. The zero-order valence-corrected chi connectivity index (χ0v) is 70.5. The van der Waals surface area contributed by atoms with Crippen LogP contribution >= 0.6 is 0 Å². The highest BCUT2D eigenvalue weighted by Gasteiger charge is 2.48. The van der Waals surface area contributed by atoms with E-state index >= 15 is 0 Å². The van der Waals surface area contributed by atoms with Crippen LogP contribution in [0.2, 0.25) is 0 Å². The summed E-state index contributed by atoms with van der Waals surface area (Å²) in [6.07, 6.45) is 0. The number of nitrogens with zero attached hydrogens (tertiary/aromatic N) is 3. The van der Waals surface area contributed by atoms with E-state index in [1.165, 1.54) is 26.3 Å². The van der Waals surface area contributed by atoms with Crippen LogP contribution in [-0.4, -0.2) is 19.4 Å². The number of para-hydroxylation sites is 9. The summed E-state index contributed by atoms with van der Waals surface area (Å²) in [5, 5.41) is 13.6. The summed E-state index contributed by atoms with van der Waals surface area (Å²) < 4.78 is 25.1. The number of rotatable bonds is 14. The van der Waals surface area contributed by atoms with E-state index in [1.54, 1.807) is 0 Å². The molecule has 24 aromatic rings. The molecule has 0 radical (unpaired) electrons. The van der Waals surface area contributed by atoms with Gasteiger partial charge in [-0.1, -0.05) is 400 Å². The Labute approximate surface area is 740 Å². The second-order valence-corrected chi connectivity index (χ2v) is 37.7. The third-order valence-electron chi connectivity index (χ3n) is 27.1. The topological polar surface area (TPSA) is 50.8 Å². The fourth-order valence-electron chi connectivity index (χ4n) is 21.7. The summed E-state index contributed by atoms with van der Waals surface area (Å²) in [5.74, 6) is 0. The monoisotopic (exact) mass is 1650 g/mol. The van der Waals surface area contributed by atoms with E-state index in [9.17, 15) is 0 Å². The van der Waals surface area contributed by atoms with Crippen molar-refractivity contribution in [3.63, 3.8) is 0 Å². The lowest BCUT2D eigenvalue weighted by Crippen LogP contribution is -2.74. The lowest BCUT2D eigenvalue weighted by Gasteiger charge is -2.46. The van der Waals surface area contributed by atoms with Crippen LogP contribution in [0.4, 0.5) is 34.1 Å². The maximum atomic E-state index is 8.38. The zero-order chi connectivity index (χ0) is 84.1. The van der Waals surface area contributed by atoms with Gasteiger partial charge in [0.05, 0.1) is 22.4 Å². The van der Waals surface area contributed by atoms with E-state index in [4.69, 9.17) is 13.3 Å². The first-order valence-electron chi connectivity index (χ1n) is 44.0. The van der Waals surface area contributed by atoms with Crippen LogP contribution in [0.1, 0.15) is 0 Å². The van der Waals surface area contributed by atoms with Crippen LogP contribution in [0.5, 0.6) is 0 Å². The van der Waals surface area contributed by atoms with Crippen LogP contribution in [0.25, 0.3) is 171 Å². The van der Waals surface area contributed by atoms with Gasteiger partial charge in [-0.2, -0.15) is 0 Å². The van der Waals surface area contributed by atoms with Crippen molar-refractivity contribution >= 4 is 174 Å². The van der Waals surface area contributed by atoms with Gasteiger partial charge in [0, 0.05) is 110 Å². The maximum Gasteiger partial charge on any atom is 0.252 e. The van der Waals surface area contributed by atoms with Gasteiger partial charge in [-0.3, -0.25) is 0 Å². The predicted molar refractivity (Wildman–Crippen MR) is 538 cm³/mol. The van der Waals surface area contributed by atoms with E-state index in [2.05, 4.69) is 475 Å². The van der Waals surface area contributed by atoms with E-state index in [0.717, 1.165) is 216 Å². The van der Waals surface area contributed by atoms with Crippen molar-refractivity contribution < 1.29 is 13.3 Å². The largest absolute Gasteiger partial charge is 0.455 e. The summed E-state index contributed by atoms with van der Waals surface area (Å²) in [6, 6.07) is 171. The van der Waals surface area contributed by atoms with Crippen molar-refractivity contribution in [2.24, 2.45) is 0 Å². The van der Waals surface area contributed by atoms with Gasteiger partial charge in [-0.15, -0.1) is 0 Å². The smallest absolute Gasteiger partial charge is 0.252 e. The van der Waals surface area contributed by atoms with Crippen LogP contribution in [-0.2, 0) is 0 Å². The molecule has 2 aliphatic rings. The normalized spacial score (nSPS) is 12.5. The van der Waals surface area contributed by atoms with E-state index in [1.807, 2.05) is 0 Å². The molecule has 0 amide bonds. The summed E-state index contributed by atoms with van der Waals surface area (Å²) in [6.45, 7) is -0.450. The lowest BCUT2D eigenvalue weighted by atomic mass is 9.33. The molecule has 4 aromatic heterocycles. The minimum Gasteiger partial charge on any atom is -0.455 e. The first-order valence-corrected chi connectivity index (χ1v) is 46.0. The van der Waals surface area contributed by atoms with E-state index < -0.39 is 14.8 Å². The molecule has 128 heavy (non-hydrogen) atoms. The highest BCUT2D eigenvalue weighted by molar-refractivity contribution is 7.20. The Kier molecular flexibility index (Phi) is 16.7. The van der Waals surface area contributed by atoms with Crippen LogP contribution in [0.3, 0.4) is 0 Å². The number of benzene rings is 20. The average Bonchev–Trinajstić information content (AvgIpc) is 1.45. The van der Waals surface area contributed by atoms with Gasteiger partial charge in [0.1, 0.15) is 33.5 Å². The van der Waals surface area contributed by atoms with Gasteiger partial charge in [-0.05, 0) is 137 Å². The minimum atomic E-state index is -3.31. The Balaban J connectivity index is 0.856. The standard InChI is InChI=1S/C120H76BN3O3Si/c1-8-35-77(36-9-1)88-53-30-54-89(78-37-10-2-11-38-78)115(88)123-107-69-67-81(92-57-32-59-98-96-51-24-28-64-111(96)125-117(92)98)71-103(107)121-104-72-82(93-58-33-60-99-97-52-25-29-65-112(97)126-118(93)99)68-70-108(104)124(116-90(79-39-12-3-13-40-79)55-31-56-91(116)80-41-14-4-15-42-80)110-74-83(73-109(123)114(110)121)101-75-84(122-105-62-26-22-49-94(105)95-50-23-27-63-106(95)122)76-102-100-61-34-66-113(120(100)127-119(101)102)128(85-43-16-5-17-44-85,86-45-18-6-19-46-86)87-47-20-7-21-48-87/h1-76H. The van der Waals surface area contributed by atoms with E-state index in [-0.39, 0.29) is 0 Å². The number of anilines is 6. The van der Waals surface area contributed by atoms with Crippen molar-refractivity contribution in [2.75, 3.05) is 9.80 Å². The lowest BCUT2D eigenvalue weighted by molar-refractivity contribution is 0.669. The third kappa shape index (κ3) is 11.2. The van der Waals surface area contributed by atoms with Crippen molar-refractivity contribution in [1.29, 1.82) is 0 Å². The highest BCUT2D eigenvalue weighted by atomic mass is 28.3. The molecule has 0 atom stereocenters. The minimum absolute atomic E-state index is 0.450. The number of hydrogen-bond acceptors (Lipinski definition) is 5. The number of fused-ring (bicyclic) bond motifs is 16. The zero-order valence-electron chi connectivity index (χ0n) is 69.5. The summed E-state index contributed by atoms with van der Waals surface area (Å²) in [5.41, 5.74) is 32.4. The molecular formula is C120H76BN3O3Si. The molecule has 596 valence electrons. The molecule has 0 saturated heterocycles. The number of hydrogen-bond donors (Lipinski definition) is 0. The van der Waals surface area contributed by atoms with Gasteiger partial charge < -0.3 is 27.6 Å². The molecule has 0 bridgehead atoms. The first-order chi connectivity index (χ1) is 63.5. The fraction of sp³-hybridized carbons (Fsp3) is 0. The van der Waals surface area contributed by atoms with Crippen molar-refractivity contribution in [3.8, 4) is 83.6 Å². The molecule has 20 aromatic carbocycles. The predicted octanol–water partition coefficient (Wildman–Crippen LogP) is 27.6. The molecule has 0 unspecified atom stereocenters. The van der Waals surface area contributed by atoms with Gasteiger partial charge >= 0.3 is 0 Å². The molecule has 0 aliphatic carbocycles. The van der Waals surface area contributed by atoms with Gasteiger partial charge in [0.2, 0.25) is 0 Å². The summed E-state index contributed by atoms with van der Waals surface area (Å²) in [4.78, 5) is 5.33. The molecule has 0 N–H and O–H groups in total. The van der Waals surface area contributed by atoms with Crippen LogP contribution < -0.4 is 46.9 Å². The molecule has 26 rings (SSSR count).